The first-order chi connectivity index (χ1) is 12.5. The van der Waals surface area contributed by atoms with Crippen LogP contribution in [0.15, 0.2) is 40.9 Å². The molecule has 1 amide bonds. The Balaban J connectivity index is 1.57. The van der Waals surface area contributed by atoms with Gasteiger partial charge in [0.05, 0.1) is 10.6 Å². The van der Waals surface area contributed by atoms with Crippen LogP contribution in [0, 0.1) is 0 Å². The second-order valence-electron chi connectivity index (χ2n) is 6.01. The summed E-state index contributed by atoms with van der Waals surface area (Å²) in [5, 5.41) is 3.94. The fourth-order valence-corrected chi connectivity index (χ4v) is 3.63. The van der Waals surface area contributed by atoms with Crippen molar-refractivity contribution in [1.29, 1.82) is 0 Å². The fourth-order valence-electron chi connectivity index (χ4n) is 2.66. The molecule has 26 heavy (non-hydrogen) atoms. The third-order valence-corrected chi connectivity index (χ3v) is 5.30. The number of carbonyl (C=O) groups is 1. The van der Waals surface area contributed by atoms with Gasteiger partial charge in [0.2, 0.25) is 0 Å². The van der Waals surface area contributed by atoms with Gasteiger partial charge in [-0.1, -0.05) is 29.3 Å². The molecule has 0 aliphatic carbocycles. The van der Waals surface area contributed by atoms with Crippen molar-refractivity contribution in [3.63, 3.8) is 0 Å². The third-order valence-electron chi connectivity index (χ3n) is 4.10. The average Bonchev–Trinajstić information content (AvgIpc) is 3.13. The minimum absolute atomic E-state index is 0.147. The van der Waals surface area contributed by atoms with Crippen LogP contribution in [0.2, 0.25) is 10.0 Å². The molecule has 0 bridgehead atoms. The lowest BCUT2D eigenvalue weighted by atomic mass is 10.2. The molecule has 138 valence electrons. The Kier molecular flexibility index (Phi) is 6.81. The zero-order valence-corrected chi connectivity index (χ0v) is 17.0. The lowest BCUT2D eigenvalue weighted by Crippen LogP contribution is -2.23. The Morgan fingerprint density at radius 2 is 2.12 bits per heavy atom. The summed E-state index contributed by atoms with van der Waals surface area (Å²) < 4.78 is 12.1. The molecule has 3 rings (SSSR count). The quantitative estimate of drug-likeness (QED) is 0.643. The van der Waals surface area contributed by atoms with Crippen LogP contribution in [0.5, 0.6) is 5.75 Å². The highest BCUT2D eigenvalue weighted by Crippen LogP contribution is 2.27. The summed E-state index contributed by atoms with van der Waals surface area (Å²) in [5.41, 5.74) is 1.34. The van der Waals surface area contributed by atoms with Gasteiger partial charge in [-0.2, -0.15) is 0 Å². The van der Waals surface area contributed by atoms with Crippen LogP contribution < -0.4 is 10.1 Å². The molecule has 1 aliphatic rings. The molecule has 0 spiro atoms. The molecular weight excluding hydrogens is 441 g/mol. The Labute approximate surface area is 170 Å². The van der Waals surface area contributed by atoms with Gasteiger partial charge >= 0.3 is 0 Å². The van der Waals surface area contributed by atoms with Crippen molar-refractivity contribution in [2.75, 3.05) is 13.2 Å². The van der Waals surface area contributed by atoms with E-state index in [-0.39, 0.29) is 12.0 Å². The van der Waals surface area contributed by atoms with E-state index in [1.807, 2.05) is 0 Å². The van der Waals surface area contributed by atoms with Crippen molar-refractivity contribution in [3.8, 4) is 5.75 Å². The molecule has 1 fully saturated rings. The lowest BCUT2D eigenvalue weighted by molar-refractivity contribution is 0.0677. The molecule has 1 aliphatic heterocycles. The van der Waals surface area contributed by atoms with Gasteiger partial charge in [-0.15, -0.1) is 0 Å². The first kappa shape index (κ1) is 19.5. The van der Waals surface area contributed by atoms with E-state index in [4.69, 9.17) is 32.7 Å². The Hall–Kier alpha value is -1.27. The van der Waals surface area contributed by atoms with E-state index in [2.05, 4.69) is 21.2 Å². The normalized spacial score (nSPS) is 16.5. The van der Waals surface area contributed by atoms with Gasteiger partial charge < -0.3 is 14.8 Å². The van der Waals surface area contributed by atoms with Gasteiger partial charge in [0.25, 0.3) is 5.91 Å². The summed E-state index contributed by atoms with van der Waals surface area (Å²) in [4.78, 5) is 12.4. The number of hydrogen-bond donors (Lipinski definition) is 1. The highest BCUT2D eigenvalue weighted by Gasteiger charge is 2.17. The van der Waals surface area contributed by atoms with Crippen LogP contribution in [0.3, 0.4) is 0 Å². The second-order valence-corrected chi connectivity index (χ2v) is 7.71. The molecule has 1 heterocycles. The van der Waals surface area contributed by atoms with Crippen molar-refractivity contribution in [2.45, 2.75) is 25.5 Å². The predicted octanol–water partition coefficient (Wildman–Crippen LogP) is 5.24. The smallest absolute Gasteiger partial charge is 0.251 e. The molecule has 2 aromatic rings. The van der Waals surface area contributed by atoms with E-state index < -0.39 is 0 Å². The van der Waals surface area contributed by atoms with Crippen molar-refractivity contribution < 1.29 is 14.3 Å². The van der Waals surface area contributed by atoms with Gasteiger partial charge in [0.15, 0.2) is 0 Å². The molecule has 4 nitrogen and oxygen atoms in total. The highest BCUT2D eigenvalue weighted by atomic mass is 79.9. The molecule has 0 saturated carbocycles. The molecule has 1 unspecified atom stereocenters. The average molecular weight is 459 g/mol. The first-order valence-corrected chi connectivity index (χ1v) is 9.84. The topological polar surface area (TPSA) is 47.6 Å². The summed E-state index contributed by atoms with van der Waals surface area (Å²) in [7, 11) is 0. The molecule has 0 aromatic heterocycles. The summed E-state index contributed by atoms with van der Waals surface area (Å²) in [6.45, 7) is 1.63. The van der Waals surface area contributed by atoms with E-state index in [1.54, 1.807) is 36.4 Å². The number of ether oxygens (including phenoxy) is 2. The van der Waals surface area contributed by atoms with E-state index in [0.29, 0.717) is 34.5 Å². The Morgan fingerprint density at radius 3 is 2.81 bits per heavy atom. The van der Waals surface area contributed by atoms with E-state index in [9.17, 15) is 4.79 Å². The standard InChI is InChI=1S/C19H18BrCl2NO3/c20-16-8-12(4-6-18(16)26-11-15-2-1-7-25-15)19(24)23-10-13-3-5-14(21)9-17(13)22/h3-6,8-9,15H,1-2,7,10-11H2,(H,23,24). The van der Waals surface area contributed by atoms with Gasteiger partial charge in [-0.3, -0.25) is 4.79 Å². The van der Waals surface area contributed by atoms with E-state index in [0.717, 1.165) is 29.5 Å². The van der Waals surface area contributed by atoms with Crippen LogP contribution in [0.25, 0.3) is 0 Å². The molecule has 7 heteroatoms. The van der Waals surface area contributed by atoms with Gasteiger partial charge in [0.1, 0.15) is 12.4 Å². The zero-order valence-electron chi connectivity index (χ0n) is 13.9. The van der Waals surface area contributed by atoms with Gasteiger partial charge in [-0.25, -0.2) is 0 Å². The first-order valence-electron chi connectivity index (χ1n) is 8.29. The van der Waals surface area contributed by atoms with Crippen molar-refractivity contribution >= 4 is 45.0 Å². The molecule has 1 atom stereocenters. The molecule has 2 aromatic carbocycles. The Bertz CT molecular complexity index is 794. The number of rotatable bonds is 6. The zero-order chi connectivity index (χ0) is 18.5. The summed E-state index contributed by atoms with van der Waals surface area (Å²) >= 11 is 15.5. The summed E-state index contributed by atoms with van der Waals surface area (Å²) in [5.74, 6) is 0.500. The SMILES string of the molecule is O=C(NCc1ccc(Cl)cc1Cl)c1ccc(OCC2CCCO2)c(Br)c1. The van der Waals surface area contributed by atoms with E-state index in [1.165, 1.54) is 0 Å². The monoisotopic (exact) mass is 457 g/mol. The number of hydrogen-bond acceptors (Lipinski definition) is 3. The maximum Gasteiger partial charge on any atom is 0.251 e. The van der Waals surface area contributed by atoms with Crippen LogP contribution in [-0.2, 0) is 11.3 Å². The minimum Gasteiger partial charge on any atom is -0.490 e. The summed E-state index contributed by atoms with van der Waals surface area (Å²) in [6.07, 6.45) is 2.24. The molecule has 0 radical (unpaired) electrons. The molecular formula is C19H18BrCl2NO3. The largest absolute Gasteiger partial charge is 0.490 e. The van der Waals surface area contributed by atoms with E-state index >= 15 is 0 Å². The lowest BCUT2D eigenvalue weighted by Gasteiger charge is -2.13. The summed E-state index contributed by atoms with van der Waals surface area (Å²) in [6, 6.07) is 10.4. The number of benzene rings is 2. The minimum atomic E-state index is -0.192. The highest BCUT2D eigenvalue weighted by molar-refractivity contribution is 9.10. The van der Waals surface area contributed by atoms with Crippen LogP contribution in [0.4, 0.5) is 0 Å². The number of amides is 1. The van der Waals surface area contributed by atoms with Crippen molar-refractivity contribution in [1.82, 2.24) is 5.32 Å². The molecule has 1 saturated heterocycles. The van der Waals surface area contributed by atoms with Crippen molar-refractivity contribution in [2.24, 2.45) is 0 Å². The number of nitrogens with one attached hydrogen (secondary N) is 1. The maximum atomic E-state index is 12.4. The van der Waals surface area contributed by atoms with Crippen LogP contribution in [-0.4, -0.2) is 25.2 Å². The second kappa shape index (κ2) is 9.09. The third kappa shape index (κ3) is 5.13. The van der Waals surface area contributed by atoms with Gasteiger partial charge in [-0.05, 0) is 64.7 Å². The van der Waals surface area contributed by atoms with Crippen LogP contribution >= 0.6 is 39.1 Å². The Morgan fingerprint density at radius 1 is 1.27 bits per heavy atom. The van der Waals surface area contributed by atoms with Gasteiger partial charge in [0, 0.05) is 28.8 Å². The predicted molar refractivity (Wildman–Crippen MR) is 106 cm³/mol. The fraction of sp³-hybridized carbons (Fsp3) is 0.316. The van der Waals surface area contributed by atoms with Crippen LogP contribution in [0.1, 0.15) is 28.8 Å². The number of halogens is 3. The molecule has 1 N–H and O–H groups in total. The number of carbonyl (C=O) groups excluding carboxylic acids is 1. The van der Waals surface area contributed by atoms with Crippen molar-refractivity contribution in [3.05, 3.63) is 62.0 Å². The maximum absolute atomic E-state index is 12.4.